The molecule has 30 heavy (non-hydrogen) atoms. The number of hydrogen-bond donors (Lipinski definition) is 2. The van der Waals surface area contributed by atoms with Crippen LogP contribution >= 0.6 is 11.6 Å². The Morgan fingerprint density at radius 3 is 2.47 bits per heavy atom. The Bertz CT molecular complexity index is 1200. The Morgan fingerprint density at radius 2 is 1.87 bits per heavy atom. The van der Waals surface area contributed by atoms with Crippen molar-refractivity contribution in [3.8, 4) is 0 Å². The molecule has 7 nitrogen and oxygen atoms in total. The molecule has 0 aliphatic rings. The van der Waals surface area contributed by atoms with Crippen molar-refractivity contribution in [1.29, 1.82) is 0 Å². The Labute approximate surface area is 177 Å². The van der Waals surface area contributed by atoms with Crippen LogP contribution in [0.25, 0.3) is 6.08 Å². The largest absolute Gasteiger partial charge is 0.337 e. The van der Waals surface area contributed by atoms with E-state index in [9.17, 15) is 17.6 Å². The molecule has 0 fully saturated rings. The van der Waals surface area contributed by atoms with Crippen LogP contribution in [0.2, 0.25) is 5.02 Å². The molecule has 1 heterocycles. The molecular weight excluding hydrogens is 433 g/mol. The van der Waals surface area contributed by atoms with E-state index in [-0.39, 0.29) is 21.4 Å². The minimum Gasteiger partial charge on any atom is -0.337 e. The van der Waals surface area contributed by atoms with Gasteiger partial charge in [-0.25, -0.2) is 17.5 Å². The zero-order valence-electron chi connectivity index (χ0n) is 15.9. The first-order chi connectivity index (χ1) is 14.2. The van der Waals surface area contributed by atoms with E-state index in [0.717, 1.165) is 6.08 Å². The fraction of sp³-hybridized carbons (Fsp3) is 0.100. The van der Waals surface area contributed by atoms with Crippen LogP contribution in [0.15, 0.2) is 58.0 Å². The molecule has 3 aromatic rings. The first-order valence-corrected chi connectivity index (χ1v) is 10.5. The van der Waals surface area contributed by atoms with Crippen molar-refractivity contribution in [2.45, 2.75) is 18.7 Å². The summed E-state index contributed by atoms with van der Waals surface area (Å²) in [6.07, 6.45) is 2.39. The van der Waals surface area contributed by atoms with Crippen LogP contribution in [-0.2, 0) is 14.8 Å². The van der Waals surface area contributed by atoms with Gasteiger partial charge in [0.05, 0.1) is 15.6 Å². The van der Waals surface area contributed by atoms with Crippen LogP contribution in [0.1, 0.15) is 16.8 Å². The van der Waals surface area contributed by atoms with E-state index in [1.54, 1.807) is 13.8 Å². The third kappa shape index (κ3) is 4.87. The number of nitrogens with one attached hydrogen (secondary N) is 2. The number of rotatable bonds is 6. The van der Waals surface area contributed by atoms with Gasteiger partial charge in [0.2, 0.25) is 11.8 Å². The minimum atomic E-state index is -3.89. The molecule has 0 saturated carbocycles. The average molecular weight is 450 g/mol. The van der Waals surface area contributed by atoms with Gasteiger partial charge in [0.15, 0.2) is 0 Å². The van der Waals surface area contributed by atoms with Crippen molar-refractivity contribution in [2.75, 3.05) is 10.0 Å². The molecule has 10 heteroatoms. The highest BCUT2D eigenvalue weighted by Gasteiger charge is 2.19. The molecular formula is C20H17ClFN3O4S. The second-order valence-corrected chi connectivity index (χ2v) is 8.40. The second-order valence-electron chi connectivity index (χ2n) is 6.31. The molecule has 0 atom stereocenters. The molecule has 0 aliphatic heterocycles. The summed E-state index contributed by atoms with van der Waals surface area (Å²) in [6.45, 7) is 3.38. The van der Waals surface area contributed by atoms with Gasteiger partial charge in [-0.05, 0) is 56.3 Å². The van der Waals surface area contributed by atoms with E-state index in [0.29, 0.717) is 16.9 Å². The Balaban J connectivity index is 1.69. The molecule has 0 bridgehead atoms. The molecule has 0 spiro atoms. The number of carbonyl (C=O) groups is 1. The van der Waals surface area contributed by atoms with Crippen molar-refractivity contribution < 1.29 is 22.1 Å². The van der Waals surface area contributed by atoms with E-state index < -0.39 is 21.7 Å². The summed E-state index contributed by atoms with van der Waals surface area (Å²) >= 11 is 5.91. The van der Waals surface area contributed by atoms with Gasteiger partial charge in [0, 0.05) is 22.9 Å². The molecule has 0 saturated heterocycles. The highest BCUT2D eigenvalue weighted by atomic mass is 35.5. The lowest BCUT2D eigenvalue weighted by Crippen LogP contribution is -2.13. The summed E-state index contributed by atoms with van der Waals surface area (Å²) in [5, 5.41) is 6.44. The summed E-state index contributed by atoms with van der Waals surface area (Å²) in [6, 6.07) is 9.71. The van der Waals surface area contributed by atoms with E-state index in [2.05, 4.69) is 15.2 Å². The Morgan fingerprint density at radius 1 is 1.17 bits per heavy atom. The normalized spacial score (nSPS) is 11.6. The molecule has 0 radical (unpaired) electrons. The fourth-order valence-corrected chi connectivity index (χ4v) is 3.69. The molecule has 2 aromatic carbocycles. The quantitative estimate of drug-likeness (QED) is 0.538. The smallest absolute Gasteiger partial charge is 0.264 e. The van der Waals surface area contributed by atoms with Crippen LogP contribution in [0, 0.1) is 19.7 Å². The summed E-state index contributed by atoms with van der Waals surface area (Å²) in [7, 11) is -3.89. The standard InChI is InChI=1S/C20H17ClFN3O4S/c1-12-13(2)24-29-20(12)25-30(27,28)15-8-6-14(7-9-15)23-19(26)11-10-16-17(21)4-3-5-18(16)22/h3-11,25H,1-2H3,(H,23,26). The van der Waals surface area contributed by atoms with E-state index in [1.165, 1.54) is 48.5 Å². The Hall–Kier alpha value is -3.17. The van der Waals surface area contributed by atoms with Gasteiger partial charge in [-0.1, -0.05) is 22.8 Å². The summed E-state index contributed by atoms with van der Waals surface area (Å²) in [5.41, 5.74) is 1.62. The van der Waals surface area contributed by atoms with Gasteiger partial charge >= 0.3 is 0 Å². The molecule has 156 valence electrons. The number of aromatic nitrogens is 1. The van der Waals surface area contributed by atoms with E-state index >= 15 is 0 Å². The van der Waals surface area contributed by atoms with Crippen molar-refractivity contribution in [3.63, 3.8) is 0 Å². The maximum absolute atomic E-state index is 13.7. The van der Waals surface area contributed by atoms with Crippen molar-refractivity contribution in [1.82, 2.24) is 5.16 Å². The number of amides is 1. The first kappa shape index (κ1) is 21.5. The van der Waals surface area contributed by atoms with Crippen LogP contribution < -0.4 is 10.0 Å². The number of hydrogen-bond acceptors (Lipinski definition) is 5. The average Bonchev–Trinajstić information content (AvgIpc) is 2.99. The lowest BCUT2D eigenvalue weighted by atomic mass is 10.2. The zero-order valence-corrected chi connectivity index (χ0v) is 17.5. The third-order valence-electron chi connectivity index (χ3n) is 4.22. The van der Waals surface area contributed by atoms with E-state index in [4.69, 9.17) is 16.1 Å². The van der Waals surface area contributed by atoms with Gasteiger partial charge < -0.3 is 9.84 Å². The first-order valence-electron chi connectivity index (χ1n) is 8.66. The van der Waals surface area contributed by atoms with E-state index in [1.807, 2.05) is 0 Å². The summed E-state index contributed by atoms with van der Waals surface area (Å²) in [4.78, 5) is 12.0. The number of anilines is 2. The van der Waals surface area contributed by atoms with Gasteiger partial charge in [-0.2, -0.15) is 0 Å². The number of halogens is 2. The predicted molar refractivity (Wildman–Crippen MR) is 112 cm³/mol. The predicted octanol–water partition coefficient (Wildman–Crippen LogP) is 4.54. The number of nitrogens with zero attached hydrogens (tertiary/aromatic N) is 1. The van der Waals surface area contributed by atoms with Gasteiger partial charge in [-0.3, -0.25) is 4.79 Å². The van der Waals surface area contributed by atoms with Crippen molar-refractivity contribution >= 4 is 45.2 Å². The molecule has 0 aliphatic carbocycles. The minimum absolute atomic E-state index is 0.0253. The van der Waals surface area contributed by atoms with Gasteiger partial charge in [-0.15, -0.1) is 0 Å². The summed E-state index contributed by atoms with van der Waals surface area (Å²) < 4.78 is 46.0. The number of carbonyl (C=O) groups excluding carboxylic acids is 1. The molecule has 0 unspecified atom stereocenters. The van der Waals surface area contributed by atoms with Crippen LogP contribution in [0.3, 0.4) is 0 Å². The molecule has 1 aromatic heterocycles. The number of aryl methyl sites for hydroxylation is 1. The highest BCUT2D eigenvalue weighted by molar-refractivity contribution is 7.92. The zero-order chi connectivity index (χ0) is 21.9. The molecule has 2 N–H and O–H groups in total. The number of sulfonamides is 1. The number of benzene rings is 2. The van der Waals surface area contributed by atoms with Crippen LogP contribution in [0.4, 0.5) is 16.0 Å². The monoisotopic (exact) mass is 449 g/mol. The maximum atomic E-state index is 13.7. The lowest BCUT2D eigenvalue weighted by Gasteiger charge is -2.07. The van der Waals surface area contributed by atoms with Gasteiger partial charge in [0.25, 0.3) is 10.0 Å². The van der Waals surface area contributed by atoms with Crippen LogP contribution in [0.5, 0.6) is 0 Å². The van der Waals surface area contributed by atoms with Crippen molar-refractivity contribution in [3.05, 3.63) is 76.2 Å². The lowest BCUT2D eigenvalue weighted by molar-refractivity contribution is -0.111. The molecule has 3 rings (SSSR count). The van der Waals surface area contributed by atoms with Gasteiger partial charge in [0.1, 0.15) is 5.82 Å². The Kier molecular flexibility index (Phi) is 6.23. The molecule has 1 amide bonds. The fourth-order valence-electron chi connectivity index (χ4n) is 2.42. The van der Waals surface area contributed by atoms with Crippen LogP contribution in [-0.4, -0.2) is 19.5 Å². The van der Waals surface area contributed by atoms with Crippen molar-refractivity contribution in [2.24, 2.45) is 0 Å². The summed E-state index contributed by atoms with van der Waals surface area (Å²) in [5.74, 6) is -1.04. The highest BCUT2D eigenvalue weighted by Crippen LogP contribution is 2.23. The maximum Gasteiger partial charge on any atom is 0.264 e. The SMILES string of the molecule is Cc1noc(NS(=O)(=O)c2ccc(NC(=O)C=Cc3c(F)cccc3Cl)cc2)c1C. The third-order valence-corrected chi connectivity index (χ3v) is 5.89. The second kappa shape index (κ2) is 8.68. The topological polar surface area (TPSA) is 101 Å².